The first-order valence-corrected chi connectivity index (χ1v) is 6.38. The quantitative estimate of drug-likeness (QED) is 0.295. The van der Waals surface area contributed by atoms with Crippen LogP contribution < -0.4 is 9.47 Å². The third-order valence-corrected chi connectivity index (χ3v) is 2.82. The predicted molar refractivity (Wildman–Crippen MR) is 81.5 cm³/mol. The van der Waals surface area contributed by atoms with E-state index in [9.17, 15) is 14.9 Å². The van der Waals surface area contributed by atoms with Gasteiger partial charge in [0.25, 0.3) is 5.69 Å². The summed E-state index contributed by atoms with van der Waals surface area (Å²) in [6, 6.07) is 10.1. The van der Waals surface area contributed by atoms with Crippen molar-refractivity contribution in [2.24, 2.45) is 0 Å². The zero-order valence-corrected chi connectivity index (χ0v) is 11.8. The van der Waals surface area contributed by atoms with Gasteiger partial charge in [0.05, 0.1) is 4.92 Å². The number of nitro benzene ring substituents is 1. The maximum absolute atomic E-state index is 10.9. The molecule has 0 fully saturated rings. The minimum absolute atomic E-state index is 0.00148. The van der Waals surface area contributed by atoms with Crippen molar-refractivity contribution < 1.29 is 24.3 Å². The molecule has 22 heavy (non-hydrogen) atoms. The fourth-order valence-electron chi connectivity index (χ4n) is 1.81. The van der Waals surface area contributed by atoms with Crippen LogP contribution in [0.25, 0.3) is 11.1 Å². The van der Waals surface area contributed by atoms with E-state index in [0.29, 0.717) is 11.3 Å². The second-order valence-electron chi connectivity index (χ2n) is 4.04. The highest BCUT2D eigenvalue weighted by molar-refractivity contribution is 7.78. The molecule has 0 spiro atoms. The number of benzene rings is 2. The highest BCUT2D eigenvalue weighted by Gasteiger charge is 2.15. The fraction of sp³-hybridized carbons (Fsp3) is 0. The summed E-state index contributed by atoms with van der Waals surface area (Å²) in [5, 5.41) is 19.6. The van der Waals surface area contributed by atoms with Gasteiger partial charge in [0.15, 0.2) is 5.55 Å². The number of hydrogen-bond donors (Lipinski definition) is 1. The van der Waals surface area contributed by atoms with Gasteiger partial charge < -0.3 is 14.6 Å². The molecule has 0 amide bonds. The van der Waals surface area contributed by atoms with E-state index in [0.717, 1.165) is 5.55 Å². The van der Waals surface area contributed by atoms with Crippen molar-refractivity contribution in [3.05, 3.63) is 52.6 Å². The van der Waals surface area contributed by atoms with Crippen molar-refractivity contribution >= 4 is 29.6 Å². The van der Waals surface area contributed by atoms with Gasteiger partial charge in [-0.2, -0.15) is 0 Å². The summed E-state index contributed by atoms with van der Waals surface area (Å²) < 4.78 is 9.66. The number of nitro groups is 1. The Morgan fingerprint density at radius 2 is 1.91 bits per heavy atom. The zero-order valence-electron chi connectivity index (χ0n) is 11.0. The van der Waals surface area contributed by atoms with Gasteiger partial charge in [0.2, 0.25) is 0 Å². The topological polar surface area (TPSA) is 98.9 Å². The van der Waals surface area contributed by atoms with E-state index in [4.69, 9.17) is 9.84 Å². The van der Waals surface area contributed by atoms with Crippen molar-refractivity contribution in [3.63, 3.8) is 0 Å². The molecule has 0 aliphatic rings. The molecule has 0 atom stereocenters. The molecule has 0 heterocycles. The molecule has 8 heteroatoms. The maximum Gasteiger partial charge on any atom is 0.511 e. The van der Waals surface area contributed by atoms with Crippen LogP contribution >= 0.6 is 12.2 Å². The van der Waals surface area contributed by atoms with Gasteiger partial charge in [-0.15, -0.1) is 0 Å². The summed E-state index contributed by atoms with van der Waals surface area (Å²) >= 11 is 4.57. The first-order chi connectivity index (χ1) is 10.5. The van der Waals surface area contributed by atoms with Crippen LogP contribution in [0.2, 0.25) is 0 Å². The number of carbonyl (C=O) groups is 1. The van der Waals surface area contributed by atoms with E-state index in [1.165, 1.54) is 18.2 Å². The number of nitrogens with zero attached hydrogens (tertiary/aromatic N) is 1. The fourth-order valence-corrected chi connectivity index (χ4v) is 1.92. The Morgan fingerprint density at radius 3 is 2.45 bits per heavy atom. The van der Waals surface area contributed by atoms with Crippen molar-refractivity contribution in [3.8, 4) is 22.6 Å². The number of hydrogen-bond acceptors (Lipinski definition) is 6. The van der Waals surface area contributed by atoms with E-state index in [-0.39, 0.29) is 17.0 Å². The molecule has 7 nitrogen and oxygen atoms in total. The van der Waals surface area contributed by atoms with Crippen molar-refractivity contribution in [2.75, 3.05) is 0 Å². The molecule has 0 bridgehead atoms. The third kappa shape index (κ3) is 3.55. The van der Waals surface area contributed by atoms with Gasteiger partial charge in [-0.3, -0.25) is 10.1 Å². The minimum Gasteiger partial charge on any atom is -0.454 e. The van der Waals surface area contributed by atoms with Crippen LogP contribution in [0.3, 0.4) is 0 Å². The van der Waals surface area contributed by atoms with Crippen LogP contribution in [0.15, 0.2) is 42.5 Å². The van der Waals surface area contributed by atoms with Gasteiger partial charge in [0.1, 0.15) is 11.5 Å². The number of non-ortho nitro benzene ring substituents is 1. The summed E-state index contributed by atoms with van der Waals surface area (Å²) in [4.78, 5) is 21.0. The normalized spacial score (nSPS) is 9.82. The molecule has 0 radical (unpaired) electrons. The summed E-state index contributed by atoms with van der Waals surface area (Å²) in [6.07, 6.45) is -1.50. The van der Waals surface area contributed by atoms with E-state index >= 15 is 0 Å². The molecule has 2 rings (SSSR count). The van der Waals surface area contributed by atoms with Crippen molar-refractivity contribution in [2.45, 2.75) is 0 Å². The van der Waals surface area contributed by atoms with Crippen molar-refractivity contribution in [1.82, 2.24) is 0 Å². The predicted octanol–water partition coefficient (Wildman–Crippen LogP) is 3.65. The van der Waals surface area contributed by atoms with Gasteiger partial charge in [-0.05, 0) is 36.0 Å². The average molecular weight is 319 g/mol. The standard InChI is InChI=1S/C14H9NO6S/c16-14(17)21-13-6-3-10(15(18)19)7-12(13)9-1-4-11(5-2-9)20-8-22/h1-8H,(H,16,17). The van der Waals surface area contributed by atoms with Crippen LogP contribution in [-0.4, -0.2) is 21.7 Å². The Hall–Kier alpha value is -3.00. The molecule has 2 aromatic carbocycles. The second-order valence-corrected chi connectivity index (χ2v) is 4.24. The second kappa shape index (κ2) is 6.64. The highest BCUT2D eigenvalue weighted by Crippen LogP contribution is 2.34. The lowest BCUT2D eigenvalue weighted by molar-refractivity contribution is -0.384. The lowest BCUT2D eigenvalue weighted by atomic mass is 10.0. The van der Waals surface area contributed by atoms with Crippen LogP contribution in [-0.2, 0) is 0 Å². The summed E-state index contributed by atoms with van der Waals surface area (Å²) in [5.41, 5.74) is 1.75. The molecule has 0 saturated heterocycles. The Bertz CT molecular complexity index is 729. The molecule has 0 aromatic heterocycles. The Morgan fingerprint density at radius 1 is 1.23 bits per heavy atom. The number of ether oxygens (including phenoxy) is 2. The molecular formula is C14H9NO6S. The average Bonchev–Trinajstić information content (AvgIpc) is 2.48. The van der Waals surface area contributed by atoms with Crippen LogP contribution in [0.5, 0.6) is 11.5 Å². The van der Waals surface area contributed by atoms with Gasteiger partial charge in [0, 0.05) is 17.7 Å². The van der Waals surface area contributed by atoms with E-state index < -0.39 is 11.1 Å². The lowest BCUT2D eigenvalue weighted by Crippen LogP contribution is -2.04. The number of rotatable bonds is 5. The Balaban J connectivity index is 2.49. The third-order valence-electron chi connectivity index (χ3n) is 2.72. The smallest absolute Gasteiger partial charge is 0.454 e. The van der Waals surface area contributed by atoms with Gasteiger partial charge in [-0.25, -0.2) is 4.79 Å². The lowest BCUT2D eigenvalue weighted by Gasteiger charge is -2.09. The minimum atomic E-state index is -1.50. The molecule has 112 valence electrons. The monoisotopic (exact) mass is 319 g/mol. The molecule has 2 aromatic rings. The number of carboxylic acid groups (broad SMARTS) is 1. The highest BCUT2D eigenvalue weighted by atomic mass is 32.1. The molecule has 0 aliphatic heterocycles. The van der Waals surface area contributed by atoms with Crippen LogP contribution in [0.4, 0.5) is 10.5 Å². The van der Waals surface area contributed by atoms with Crippen LogP contribution in [0, 0.1) is 10.1 Å². The largest absolute Gasteiger partial charge is 0.511 e. The molecule has 1 N–H and O–H groups in total. The zero-order chi connectivity index (χ0) is 16.1. The SMILES string of the molecule is O=C(O)Oc1ccc([N+](=O)[O-])cc1-c1ccc(OC=S)cc1. The Kier molecular flexibility index (Phi) is 4.64. The molecule has 0 aliphatic carbocycles. The van der Waals surface area contributed by atoms with Gasteiger partial charge in [-0.1, -0.05) is 12.1 Å². The van der Waals surface area contributed by atoms with E-state index in [2.05, 4.69) is 17.0 Å². The summed E-state index contributed by atoms with van der Waals surface area (Å²) in [6.45, 7) is 0. The molecular weight excluding hydrogens is 310 g/mol. The summed E-state index contributed by atoms with van der Waals surface area (Å²) in [7, 11) is 0. The van der Waals surface area contributed by atoms with Crippen molar-refractivity contribution in [1.29, 1.82) is 0 Å². The first-order valence-electron chi connectivity index (χ1n) is 5.91. The van der Waals surface area contributed by atoms with E-state index in [1.54, 1.807) is 24.3 Å². The molecule has 0 saturated carbocycles. The summed E-state index contributed by atoms with van der Waals surface area (Å²) in [5.74, 6) is 0.492. The van der Waals surface area contributed by atoms with Crippen LogP contribution in [0.1, 0.15) is 0 Å². The number of thiocarbonyl (C=S) groups is 1. The Labute approximate surface area is 129 Å². The first kappa shape index (κ1) is 15.4. The van der Waals surface area contributed by atoms with E-state index in [1.807, 2.05) is 0 Å². The maximum atomic E-state index is 10.9. The van der Waals surface area contributed by atoms with Gasteiger partial charge >= 0.3 is 6.16 Å². The molecule has 0 unspecified atom stereocenters.